The molecule has 0 unspecified atom stereocenters. The van der Waals surface area contributed by atoms with Crippen molar-refractivity contribution >= 4 is 23.2 Å². The van der Waals surface area contributed by atoms with E-state index in [4.69, 9.17) is 4.74 Å². The van der Waals surface area contributed by atoms with Gasteiger partial charge in [0.2, 0.25) is 0 Å². The number of aryl methyl sites for hydroxylation is 2. The van der Waals surface area contributed by atoms with Crippen LogP contribution in [-0.4, -0.2) is 18.4 Å². The molecule has 0 spiro atoms. The molecule has 3 aromatic carbocycles. The highest BCUT2D eigenvalue weighted by Crippen LogP contribution is 2.22. The van der Waals surface area contributed by atoms with Gasteiger partial charge >= 0.3 is 0 Å². The third-order valence-electron chi connectivity index (χ3n) is 4.85. The van der Waals surface area contributed by atoms with Crippen molar-refractivity contribution < 1.29 is 18.7 Å². The van der Waals surface area contributed by atoms with E-state index in [-0.39, 0.29) is 24.2 Å². The Bertz CT molecular complexity index is 1030. The zero-order chi connectivity index (χ0) is 22.2. The van der Waals surface area contributed by atoms with Gasteiger partial charge in [0, 0.05) is 16.9 Å². The first-order valence-electron chi connectivity index (χ1n) is 10.2. The van der Waals surface area contributed by atoms with Gasteiger partial charge in [0.05, 0.1) is 0 Å². The van der Waals surface area contributed by atoms with E-state index in [1.54, 1.807) is 24.3 Å². The Labute approximate surface area is 181 Å². The summed E-state index contributed by atoms with van der Waals surface area (Å²) in [6.07, 6.45) is 1.65. The molecule has 2 N–H and O–H groups in total. The number of benzene rings is 3. The van der Waals surface area contributed by atoms with E-state index in [1.165, 1.54) is 24.3 Å². The van der Waals surface area contributed by atoms with E-state index >= 15 is 0 Å². The molecule has 0 aliphatic rings. The van der Waals surface area contributed by atoms with E-state index in [0.29, 0.717) is 17.0 Å². The number of nitrogens with one attached hydrogen (secondary N) is 2. The summed E-state index contributed by atoms with van der Waals surface area (Å²) in [6.45, 7) is 3.96. The number of rotatable bonds is 8. The maximum absolute atomic E-state index is 13.0. The second-order valence-corrected chi connectivity index (χ2v) is 6.98. The van der Waals surface area contributed by atoms with Crippen molar-refractivity contribution in [1.29, 1.82) is 0 Å². The Balaban J connectivity index is 1.56. The van der Waals surface area contributed by atoms with Crippen LogP contribution >= 0.6 is 0 Å². The van der Waals surface area contributed by atoms with Crippen molar-refractivity contribution in [2.24, 2.45) is 0 Å². The summed E-state index contributed by atoms with van der Waals surface area (Å²) >= 11 is 0. The van der Waals surface area contributed by atoms with Gasteiger partial charge in [0.1, 0.15) is 11.6 Å². The van der Waals surface area contributed by atoms with Crippen molar-refractivity contribution in [3.8, 4) is 5.75 Å². The number of ether oxygens (including phenoxy) is 1. The van der Waals surface area contributed by atoms with Gasteiger partial charge in [0.25, 0.3) is 11.8 Å². The van der Waals surface area contributed by atoms with Gasteiger partial charge in [0.15, 0.2) is 6.61 Å². The molecule has 0 heterocycles. The van der Waals surface area contributed by atoms with Crippen LogP contribution in [0.1, 0.15) is 35.3 Å². The summed E-state index contributed by atoms with van der Waals surface area (Å²) in [5, 5.41) is 5.65. The average molecular weight is 420 g/mol. The van der Waals surface area contributed by atoms with Crippen molar-refractivity contribution in [2.45, 2.75) is 26.7 Å². The van der Waals surface area contributed by atoms with E-state index in [9.17, 15) is 14.0 Å². The van der Waals surface area contributed by atoms with Gasteiger partial charge in [-0.1, -0.05) is 32.0 Å². The third-order valence-corrected chi connectivity index (χ3v) is 4.85. The number of para-hydroxylation sites is 1. The lowest BCUT2D eigenvalue weighted by Crippen LogP contribution is -2.21. The molecule has 0 radical (unpaired) electrons. The van der Waals surface area contributed by atoms with Crippen LogP contribution in [-0.2, 0) is 17.6 Å². The Morgan fingerprint density at radius 1 is 0.839 bits per heavy atom. The maximum atomic E-state index is 13.0. The Hall–Kier alpha value is -3.67. The molecule has 0 bridgehead atoms. The molecule has 0 aliphatic heterocycles. The van der Waals surface area contributed by atoms with Gasteiger partial charge in [-0.15, -0.1) is 0 Å². The topological polar surface area (TPSA) is 67.4 Å². The minimum Gasteiger partial charge on any atom is -0.484 e. The predicted octanol–water partition coefficient (Wildman–Crippen LogP) is 5.22. The van der Waals surface area contributed by atoms with Crippen LogP contribution in [0.15, 0.2) is 66.7 Å². The largest absolute Gasteiger partial charge is 0.484 e. The fraction of sp³-hybridized carbons (Fsp3) is 0.200. The second-order valence-electron chi connectivity index (χ2n) is 6.98. The number of anilines is 2. The summed E-state index contributed by atoms with van der Waals surface area (Å²) in [5.74, 6) is -0.450. The number of hydrogen-bond donors (Lipinski definition) is 2. The predicted molar refractivity (Wildman–Crippen MR) is 120 cm³/mol. The molecule has 0 atom stereocenters. The molecule has 3 aromatic rings. The van der Waals surface area contributed by atoms with Gasteiger partial charge in [-0.3, -0.25) is 9.59 Å². The lowest BCUT2D eigenvalue weighted by Gasteiger charge is -2.14. The lowest BCUT2D eigenvalue weighted by atomic mass is 10.0. The van der Waals surface area contributed by atoms with Crippen LogP contribution in [0, 0.1) is 5.82 Å². The number of hydrogen-bond acceptors (Lipinski definition) is 3. The molecule has 31 heavy (non-hydrogen) atoms. The van der Waals surface area contributed by atoms with Gasteiger partial charge in [-0.25, -0.2) is 4.39 Å². The number of amides is 2. The van der Waals surface area contributed by atoms with E-state index in [0.717, 1.165) is 29.7 Å². The molecule has 0 aliphatic carbocycles. The summed E-state index contributed by atoms with van der Waals surface area (Å²) in [4.78, 5) is 24.7. The minimum absolute atomic E-state index is 0.137. The first kappa shape index (κ1) is 22.0. The molecule has 0 saturated heterocycles. The summed E-state index contributed by atoms with van der Waals surface area (Å²) in [5.41, 5.74) is 3.95. The first-order valence-corrected chi connectivity index (χ1v) is 10.2. The van der Waals surface area contributed by atoms with E-state index in [2.05, 4.69) is 24.5 Å². The molecule has 0 saturated carbocycles. The molecule has 5 nitrogen and oxygen atoms in total. The van der Waals surface area contributed by atoms with Crippen LogP contribution in [0.2, 0.25) is 0 Å². The molecular formula is C25H25FN2O3. The van der Waals surface area contributed by atoms with Crippen LogP contribution in [0.3, 0.4) is 0 Å². The molecule has 3 rings (SSSR count). The minimum atomic E-state index is -0.368. The zero-order valence-corrected chi connectivity index (χ0v) is 17.6. The van der Waals surface area contributed by atoms with Crippen LogP contribution in [0.5, 0.6) is 5.75 Å². The SMILES string of the molecule is CCc1cccc(CC)c1NC(=O)COc1ccc(C(=O)Nc2ccc(F)cc2)cc1. The Morgan fingerprint density at radius 3 is 2.03 bits per heavy atom. The quantitative estimate of drug-likeness (QED) is 0.525. The molecule has 6 heteroatoms. The van der Waals surface area contributed by atoms with Crippen molar-refractivity contribution in [2.75, 3.05) is 17.2 Å². The fourth-order valence-corrected chi connectivity index (χ4v) is 3.17. The smallest absolute Gasteiger partial charge is 0.262 e. The van der Waals surface area contributed by atoms with Crippen LogP contribution in [0.25, 0.3) is 0 Å². The lowest BCUT2D eigenvalue weighted by molar-refractivity contribution is -0.118. The summed E-state index contributed by atoms with van der Waals surface area (Å²) in [6, 6.07) is 18.0. The van der Waals surface area contributed by atoms with Gasteiger partial charge < -0.3 is 15.4 Å². The standard InChI is InChI=1S/C25H25FN2O3/c1-3-17-6-5-7-18(4-2)24(17)28-23(29)16-31-22-14-8-19(9-15-22)25(30)27-21-12-10-20(26)11-13-21/h5-15H,3-4,16H2,1-2H3,(H,27,30)(H,28,29). The summed E-state index contributed by atoms with van der Waals surface area (Å²) in [7, 11) is 0. The summed E-state index contributed by atoms with van der Waals surface area (Å²) < 4.78 is 18.5. The number of carbonyl (C=O) groups is 2. The van der Waals surface area contributed by atoms with Crippen molar-refractivity contribution in [1.82, 2.24) is 0 Å². The van der Waals surface area contributed by atoms with Crippen LogP contribution in [0.4, 0.5) is 15.8 Å². The van der Waals surface area contributed by atoms with Crippen molar-refractivity contribution in [3.05, 3.63) is 89.2 Å². The fourth-order valence-electron chi connectivity index (χ4n) is 3.17. The average Bonchev–Trinajstić information content (AvgIpc) is 2.79. The second kappa shape index (κ2) is 10.4. The number of carbonyl (C=O) groups excluding carboxylic acids is 2. The van der Waals surface area contributed by atoms with Gasteiger partial charge in [-0.2, -0.15) is 0 Å². The van der Waals surface area contributed by atoms with Crippen LogP contribution < -0.4 is 15.4 Å². The third kappa shape index (κ3) is 5.92. The molecular weight excluding hydrogens is 395 g/mol. The monoisotopic (exact) mass is 420 g/mol. The van der Waals surface area contributed by atoms with E-state index in [1.807, 2.05) is 18.2 Å². The highest BCUT2D eigenvalue weighted by Gasteiger charge is 2.11. The molecule has 160 valence electrons. The van der Waals surface area contributed by atoms with Gasteiger partial charge in [-0.05, 0) is 72.5 Å². The zero-order valence-electron chi connectivity index (χ0n) is 17.6. The Morgan fingerprint density at radius 2 is 1.45 bits per heavy atom. The highest BCUT2D eigenvalue weighted by atomic mass is 19.1. The highest BCUT2D eigenvalue weighted by molar-refractivity contribution is 6.04. The molecule has 2 amide bonds. The molecule has 0 fully saturated rings. The van der Waals surface area contributed by atoms with E-state index < -0.39 is 0 Å². The van der Waals surface area contributed by atoms with Crippen molar-refractivity contribution in [3.63, 3.8) is 0 Å². The Kier molecular flexibility index (Phi) is 7.38. The number of halogens is 1. The maximum Gasteiger partial charge on any atom is 0.262 e. The first-order chi connectivity index (χ1) is 15.0. The molecule has 0 aromatic heterocycles. The normalized spacial score (nSPS) is 10.4.